The Morgan fingerprint density at radius 2 is 1.63 bits per heavy atom. The van der Waals surface area contributed by atoms with Gasteiger partial charge in [-0.3, -0.25) is 9.36 Å². The summed E-state index contributed by atoms with van der Waals surface area (Å²) in [4.78, 5) is 31.1. The Bertz CT molecular complexity index is 1800. The average molecular weight is 686 g/mol. The van der Waals surface area contributed by atoms with Crippen molar-refractivity contribution in [2.75, 3.05) is 18.1 Å². The molecule has 1 saturated heterocycles. The molecule has 1 fully saturated rings. The highest BCUT2D eigenvalue weighted by Crippen LogP contribution is 2.31. The van der Waals surface area contributed by atoms with Gasteiger partial charge in [-0.15, -0.1) is 0 Å². The maximum absolute atomic E-state index is 14.0. The van der Waals surface area contributed by atoms with Gasteiger partial charge in [-0.25, -0.2) is 18.2 Å². The Balaban J connectivity index is 1.33. The van der Waals surface area contributed by atoms with E-state index in [9.17, 15) is 18.0 Å². The number of carbonyl (C=O) groups excluding carboxylic acids is 2. The average Bonchev–Trinajstić information content (AvgIpc) is 3.51. The number of ketones is 1. The minimum Gasteiger partial charge on any atom is -0.490 e. The Kier molecular flexibility index (Phi) is 11.6. The van der Waals surface area contributed by atoms with Crippen molar-refractivity contribution < 1.29 is 27.5 Å². The van der Waals surface area contributed by atoms with Crippen molar-refractivity contribution in [1.82, 2.24) is 14.9 Å². The van der Waals surface area contributed by atoms with Gasteiger partial charge < -0.3 is 14.8 Å². The lowest BCUT2D eigenvalue weighted by atomic mass is 9.87. The molecule has 1 unspecified atom stereocenters. The number of imidazole rings is 1. The van der Waals surface area contributed by atoms with E-state index in [4.69, 9.17) is 9.47 Å². The molecule has 0 spiro atoms. The number of sulfone groups is 1. The number of hydrogen-bond acceptors (Lipinski definition) is 7. The topological polar surface area (TPSA) is 117 Å². The van der Waals surface area contributed by atoms with Crippen molar-refractivity contribution in [3.63, 3.8) is 0 Å². The van der Waals surface area contributed by atoms with Crippen molar-refractivity contribution in [1.29, 1.82) is 0 Å². The second-order valence-corrected chi connectivity index (χ2v) is 16.4. The molecule has 1 N–H and O–H groups in total. The molecule has 2 heterocycles. The molecule has 0 radical (unpaired) electrons. The summed E-state index contributed by atoms with van der Waals surface area (Å²) in [6, 6.07) is 27.5. The zero-order valence-corrected chi connectivity index (χ0v) is 29.6. The summed E-state index contributed by atoms with van der Waals surface area (Å²) in [5, 5.41) is 2.94. The van der Waals surface area contributed by atoms with Crippen LogP contribution in [0.5, 0.6) is 5.75 Å². The van der Waals surface area contributed by atoms with Gasteiger partial charge in [0, 0.05) is 24.6 Å². The Labute approximate surface area is 290 Å². The normalized spacial score (nSPS) is 16.0. The van der Waals surface area contributed by atoms with Crippen molar-refractivity contribution in [3.8, 4) is 22.7 Å². The van der Waals surface area contributed by atoms with Gasteiger partial charge >= 0.3 is 6.09 Å². The van der Waals surface area contributed by atoms with Gasteiger partial charge in [0.1, 0.15) is 29.5 Å². The number of nitrogens with zero attached hydrogens (tertiary/aromatic N) is 2. The van der Waals surface area contributed by atoms with Crippen LogP contribution in [0.4, 0.5) is 4.79 Å². The summed E-state index contributed by atoms with van der Waals surface area (Å²) in [5.74, 6) is 0.963. The van der Waals surface area contributed by atoms with Gasteiger partial charge in [0.25, 0.3) is 0 Å². The van der Waals surface area contributed by atoms with E-state index in [1.807, 2.05) is 98.1 Å². The molecule has 3 aromatic carbocycles. The zero-order valence-electron chi connectivity index (χ0n) is 28.8. The third-order valence-electron chi connectivity index (χ3n) is 8.55. The quantitative estimate of drug-likeness (QED) is 0.145. The van der Waals surface area contributed by atoms with Gasteiger partial charge in [0.05, 0.1) is 22.9 Å². The summed E-state index contributed by atoms with van der Waals surface area (Å²) in [6.07, 6.45) is 3.76. The minimum absolute atomic E-state index is 0.0199. The molecule has 260 valence electrons. The van der Waals surface area contributed by atoms with Crippen LogP contribution in [0, 0.1) is 11.8 Å². The summed E-state index contributed by atoms with van der Waals surface area (Å²) >= 11 is 0. The number of nitrogens with one attached hydrogen (secondary N) is 1. The molecule has 10 heteroatoms. The highest BCUT2D eigenvalue weighted by molar-refractivity contribution is 7.91. The maximum atomic E-state index is 14.0. The van der Waals surface area contributed by atoms with E-state index in [0.717, 1.165) is 24.1 Å². The van der Waals surface area contributed by atoms with E-state index in [1.54, 1.807) is 6.33 Å². The lowest BCUT2D eigenvalue weighted by Crippen LogP contribution is -2.36. The highest BCUT2D eigenvalue weighted by atomic mass is 32.2. The number of alkyl carbamates (subject to hydrolysis) is 1. The van der Waals surface area contributed by atoms with E-state index in [-0.39, 0.29) is 35.2 Å². The van der Waals surface area contributed by atoms with Crippen LogP contribution in [0.15, 0.2) is 91.3 Å². The SMILES string of the molecule is CC(CC(=O)c1ncn(-c2cccc(OC3CCS(=O)(=O)CC3)c2)c1-c1ccccc1)C[C@@H](CNC(=O)OC(C)(C)C)Cc1ccccc1. The molecule has 1 aliphatic rings. The Morgan fingerprint density at radius 1 is 0.959 bits per heavy atom. The van der Waals surface area contributed by atoms with Crippen LogP contribution in [-0.4, -0.2) is 59.6 Å². The first-order valence-corrected chi connectivity index (χ1v) is 18.8. The van der Waals surface area contributed by atoms with Crippen molar-refractivity contribution in [3.05, 3.63) is 103 Å². The lowest BCUT2D eigenvalue weighted by molar-refractivity contribution is 0.0515. The second kappa shape index (κ2) is 15.8. The lowest BCUT2D eigenvalue weighted by Gasteiger charge is -2.24. The monoisotopic (exact) mass is 685 g/mol. The molecule has 0 saturated carbocycles. The number of aromatic nitrogens is 2. The summed E-state index contributed by atoms with van der Waals surface area (Å²) in [7, 11) is -2.99. The highest BCUT2D eigenvalue weighted by Gasteiger charge is 2.27. The van der Waals surface area contributed by atoms with Crippen LogP contribution in [0.25, 0.3) is 16.9 Å². The molecule has 1 amide bonds. The van der Waals surface area contributed by atoms with Gasteiger partial charge in [0.2, 0.25) is 0 Å². The van der Waals surface area contributed by atoms with Crippen LogP contribution in [0.1, 0.15) is 69.4 Å². The summed E-state index contributed by atoms with van der Waals surface area (Å²) < 4.78 is 37.4. The fraction of sp³-hybridized carbons (Fsp3) is 0.410. The molecule has 4 aromatic rings. The third-order valence-corrected chi connectivity index (χ3v) is 10.3. The van der Waals surface area contributed by atoms with Crippen LogP contribution < -0.4 is 10.1 Å². The Morgan fingerprint density at radius 3 is 2.31 bits per heavy atom. The van der Waals surface area contributed by atoms with Gasteiger partial charge in [0.15, 0.2) is 15.6 Å². The molecule has 9 nitrogen and oxygen atoms in total. The van der Waals surface area contributed by atoms with E-state index >= 15 is 0 Å². The second-order valence-electron chi connectivity index (χ2n) is 14.1. The van der Waals surface area contributed by atoms with Crippen LogP contribution in [0.2, 0.25) is 0 Å². The molecule has 0 bridgehead atoms. The first-order chi connectivity index (χ1) is 23.3. The summed E-state index contributed by atoms with van der Waals surface area (Å²) in [5.41, 5.74) is 3.33. The fourth-order valence-electron chi connectivity index (χ4n) is 6.30. The first-order valence-electron chi connectivity index (χ1n) is 17.0. The standard InChI is InChI=1S/C39H47N3O6S/c1-28(22-30(24-29-12-7-5-8-13-29)26-40-38(44)48-39(2,3)4)23-35(43)36-37(31-14-9-6-10-15-31)42(27-41-36)32-16-11-17-34(25-32)47-33-18-20-49(45,46)21-19-33/h5-17,25,27-28,30,33H,18-24,26H2,1-4H3,(H,40,44)/t28?,30-/m1/s1. The number of benzene rings is 3. The van der Waals surface area contributed by atoms with Crippen molar-refractivity contribution in [2.45, 2.75) is 71.5 Å². The number of hydrogen-bond donors (Lipinski definition) is 1. The minimum atomic E-state index is -2.99. The van der Waals surface area contributed by atoms with Gasteiger partial charge in [-0.2, -0.15) is 0 Å². The summed E-state index contributed by atoms with van der Waals surface area (Å²) in [6.45, 7) is 8.02. The van der Waals surface area contributed by atoms with E-state index in [1.165, 1.54) is 5.56 Å². The molecule has 1 aliphatic heterocycles. The number of amides is 1. The van der Waals surface area contributed by atoms with Gasteiger partial charge in [-0.1, -0.05) is 73.7 Å². The number of carbonyl (C=O) groups is 2. The number of Topliss-reactive ketones (excluding diaryl/α,β-unsaturated/α-hetero) is 1. The largest absolute Gasteiger partial charge is 0.490 e. The molecular weight excluding hydrogens is 639 g/mol. The van der Waals surface area contributed by atoms with E-state index in [0.29, 0.717) is 42.9 Å². The number of rotatable bonds is 13. The van der Waals surface area contributed by atoms with Gasteiger partial charge in [-0.05, 0) is 76.0 Å². The predicted molar refractivity (Wildman–Crippen MR) is 192 cm³/mol. The van der Waals surface area contributed by atoms with Crippen LogP contribution in [-0.2, 0) is 21.0 Å². The van der Waals surface area contributed by atoms with Crippen LogP contribution >= 0.6 is 0 Å². The van der Waals surface area contributed by atoms with E-state index < -0.39 is 21.5 Å². The van der Waals surface area contributed by atoms with E-state index in [2.05, 4.69) is 29.4 Å². The molecule has 1 aromatic heterocycles. The maximum Gasteiger partial charge on any atom is 0.407 e. The molecule has 0 aliphatic carbocycles. The molecule has 5 rings (SSSR count). The Hall–Kier alpha value is -4.44. The molecule has 2 atom stereocenters. The third kappa shape index (κ3) is 10.5. The van der Waals surface area contributed by atoms with Crippen molar-refractivity contribution >= 4 is 21.7 Å². The smallest absolute Gasteiger partial charge is 0.407 e. The van der Waals surface area contributed by atoms with Crippen LogP contribution in [0.3, 0.4) is 0 Å². The zero-order chi connectivity index (χ0) is 35.0. The number of ether oxygens (including phenoxy) is 2. The first kappa shape index (κ1) is 35.9. The molecule has 49 heavy (non-hydrogen) atoms. The fourth-order valence-corrected chi connectivity index (χ4v) is 7.75. The molecular formula is C39H47N3O6S. The predicted octanol–water partition coefficient (Wildman–Crippen LogP) is 7.48. The van der Waals surface area contributed by atoms with Crippen molar-refractivity contribution in [2.24, 2.45) is 11.8 Å².